The molecule has 1 unspecified atom stereocenters. The van der Waals surface area contributed by atoms with Crippen molar-refractivity contribution in [2.45, 2.75) is 12.5 Å². The molecule has 0 spiro atoms. The SMILES string of the molecule is O=C(CN1C(=O)S/C(=C\c2ccccc2Cl)C1=O)NC1CCS(=O)(=O)C1. The third-order valence-electron chi connectivity index (χ3n) is 3.96. The number of sulfone groups is 1. The first kappa shape index (κ1) is 18.9. The van der Waals surface area contributed by atoms with Crippen molar-refractivity contribution in [1.82, 2.24) is 10.2 Å². The van der Waals surface area contributed by atoms with Gasteiger partial charge in [0.1, 0.15) is 6.54 Å². The minimum absolute atomic E-state index is 0.0279. The maximum absolute atomic E-state index is 12.4. The highest BCUT2D eigenvalue weighted by Crippen LogP contribution is 2.33. The zero-order chi connectivity index (χ0) is 18.9. The lowest BCUT2D eigenvalue weighted by Gasteiger charge is -2.15. The van der Waals surface area contributed by atoms with E-state index in [4.69, 9.17) is 11.6 Å². The molecule has 1 atom stereocenters. The molecule has 3 amide bonds. The number of amides is 3. The Morgan fingerprint density at radius 2 is 2.08 bits per heavy atom. The third-order valence-corrected chi connectivity index (χ3v) is 6.98. The smallest absolute Gasteiger partial charge is 0.294 e. The maximum atomic E-state index is 12.4. The molecule has 0 radical (unpaired) electrons. The van der Waals surface area contributed by atoms with E-state index in [0.29, 0.717) is 17.0 Å². The average molecular weight is 415 g/mol. The van der Waals surface area contributed by atoms with E-state index in [1.54, 1.807) is 24.3 Å². The molecular formula is C16H15ClN2O5S2. The van der Waals surface area contributed by atoms with Gasteiger partial charge in [0.15, 0.2) is 9.84 Å². The summed E-state index contributed by atoms with van der Waals surface area (Å²) in [6.07, 6.45) is 1.84. The third kappa shape index (κ3) is 4.28. The van der Waals surface area contributed by atoms with Crippen LogP contribution in [0.3, 0.4) is 0 Å². The van der Waals surface area contributed by atoms with Crippen LogP contribution in [0.15, 0.2) is 29.2 Å². The number of carbonyl (C=O) groups is 3. The van der Waals surface area contributed by atoms with E-state index in [1.165, 1.54) is 6.08 Å². The van der Waals surface area contributed by atoms with Crippen LogP contribution in [0, 0.1) is 0 Å². The van der Waals surface area contributed by atoms with Crippen molar-refractivity contribution in [2.75, 3.05) is 18.1 Å². The Labute approximate surface area is 159 Å². The van der Waals surface area contributed by atoms with Crippen LogP contribution in [0.4, 0.5) is 4.79 Å². The van der Waals surface area contributed by atoms with Gasteiger partial charge < -0.3 is 5.32 Å². The van der Waals surface area contributed by atoms with Crippen molar-refractivity contribution in [3.05, 3.63) is 39.8 Å². The van der Waals surface area contributed by atoms with Gasteiger partial charge >= 0.3 is 0 Å². The molecule has 1 aromatic rings. The van der Waals surface area contributed by atoms with Gasteiger partial charge in [-0.25, -0.2) is 8.42 Å². The Morgan fingerprint density at radius 1 is 1.35 bits per heavy atom. The molecule has 0 aliphatic carbocycles. The van der Waals surface area contributed by atoms with Crippen LogP contribution >= 0.6 is 23.4 Å². The second-order valence-corrected chi connectivity index (χ2v) is 9.59. The highest BCUT2D eigenvalue weighted by atomic mass is 35.5. The number of benzene rings is 1. The van der Waals surface area contributed by atoms with Crippen LogP contribution in [-0.4, -0.2) is 54.5 Å². The molecule has 138 valence electrons. The van der Waals surface area contributed by atoms with E-state index < -0.39 is 39.5 Å². The molecule has 0 aromatic heterocycles. The molecule has 7 nitrogen and oxygen atoms in total. The largest absolute Gasteiger partial charge is 0.351 e. The average Bonchev–Trinajstić information content (AvgIpc) is 3.03. The Hall–Kier alpha value is -1.84. The van der Waals surface area contributed by atoms with Crippen molar-refractivity contribution >= 4 is 56.3 Å². The first-order valence-corrected chi connectivity index (χ1v) is 10.8. The number of carbonyl (C=O) groups excluding carboxylic acids is 3. The Morgan fingerprint density at radius 3 is 2.73 bits per heavy atom. The van der Waals surface area contributed by atoms with Crippen LogP contribution < -0.4 is 5.32 Å². The summed E-state index contributed by atoms with van der Waals surface area (Å²) >= 11 is 6.78. The van der Waals surface area contributed by atoms with Crippen LogP contribution in [0.5, 0.6) is 0 Å². The fourth-order valence-corrected chi connectivity index (χ4v) is 5.39. The summed E-state index contributed by atoms with van der Waals surface area (Å²) in [4.78, 5) is 37.6. The van der Waals surface area contributed by atoms with Crippen molar-refractivity contribution in [2.24, 2.45) is 0 Å². The predicted molar refractivity (Wildman–Crippen MR) is 99.3 cm³/mol. The summed E-state index contributed by atoms with van der Waals surface area (Å²) < 4.78 is 22.8. The topological polar surface area (TPSA) is 101 Å². The number of hydrogen-bond acceptors (Lipinski definition) is 6. The van der Waals surface area contributed by atoms with Crippen molar-refractivity contribution < 1.29 is 22.8 Å². The summed E-state index contributed by atoms with van der Waals surface area (Å²) in [6.45, 7) is -0.443. The molecule has 26 heavy (non-hydrogen) atoms. The monoisotopic (exact) mass is 414 g/mol. The van der Waals surface area contributed by atoms with Gasteiger partial charge in [-0.1, -0.05) is 29.8 Å². The molecule has 2 fully saturated rings. The standard InChI is InChI=1S/C16H15ClN2O5S2/c17-12-4-2-1-3-10(12)7-13-15(21)19(16(22)25-13)8-14(20)18-11-5-6-26(23,24)9-11/h1-4,7,11H,5-6,8-9H2,(H,18,20)/b13-7-. The Kier molecular flexibility index (Phi) is 5.40. The highest BCUT2D eigenvalue weighted by molar-refractivity contribution is 8.18. The lowest BCUT2D eigenvalue weighted by molar-refractivity contribution is -0.129. The van der Waals surface area contributed by atoms with Gasteiger partial charge in [-0.15, -0.1) is 0 Å². The predicted octanol–water partition coefficient (Wildman–Crippen LogP) is 1.68. The Bertz CT molecular complexity index is 913. The first-order valence-electron chi connectivity index (χ1n) is 7.75. The maximum Gasteiger partial charge on any atom is 0.294 e. The van der Waals surface area contributed by atoms with E-state index >= 15 is 0 Å². The lowest BCUT2D eigenvalue weighted by atomic mass is 10.2. The molecule has 0 saturated carbocycles. The van der Waals surface area contributed by atoms with E-state index in [1.807, 2.05) is 0 Å². The molecule has 2 heterocycles. The molecular weight excluding hydrogens is 400 g/mol. The zero-order valence-corrected chi connectivity index (χ0v) is 15.9. The van der Waals surface area contributed by atoms with Gasteiger partial charge in [0, 0.05) is 11.1 Å². The van der Waals surface area contributed by atoms with Crippen LogP contribution in [0.2, 0.25) is 5.02 Å². The van der Waals surface area contributed by atoms with E-state index in [9.17, 15) is 22.8 Å². The fraction of sp³-hybridized carbons (Fsp3) is 0.312. The van der Waals surface area contributed by atoms with Crippen LogP contribution in [0.1, 0.15) is 12.0 Å². The number of imide groups is 1. The molecule has 1 aromatic carbocycles. The number of nitrogens with one attached hydrogen (secondary N) is 1. The summed E-state index contributed by atoms with van der Waals surface area (Å²) in [5, 5.41) is 2.45. The van der Waals surface area contributed by atoms with Gasteiger partial charge in [0.25, 0.3) is 11.1 Å². The molecule has 3 rings (SSSR count). The minimum Gasteiger partial charge on any atom is -0.351 e. The molecule has 2 saturated heterocycles. The highest BCUT2D eigenvalue weighted by Gasteiger charge is 2.37. The molecule has 0 bridgehead atoms. The van der Waals surface area contributed by atoms with Gasteiger partial charge in [-0.3, -0.25) is 19.3 Å². The van der Waals surface area contributed by atoms with E-state index in [-0.39, 0.29) is 16.4 Å². The normalized spacial score (nSPS) is 23.7. The summed E-state index contributed by atoms with van der Waals surface area (Å²) in [5.41, 5.74) is 0.597. The molecule has 1 N–H and O–H groups in total. The van der Waals surface area contributed by atoms with Crippen LogP contribution in [0.25, 0.3) is 6.08 Å². The summed E-state index contributed by atoms with van der Waals surface area (Å²) in [6, 6.07) is 6.40. The molecule has 10 heteroatoms. The van der Waals surface area contributed by atoms with E-state index in [2.05, 4.69) is 5.32 Å². The quantitative estimate of drug-likeness (QED) is 0.752. The number of hydrogen-bond donors (Lipinski definition) is 1. The minimum atomic E-state index is -3.13. The zero-order valence-electron chi connectivity index (χ0n) is 13.5. The van der Waals surface area contributed by atoms with Gasteiger partial charge in [0.2, 0.25) is 5.91 Å². The number of thioether (sulfide) groups is 1. The van der Waals surface area contributed by atoms with Crippen LogP contribution in [-0.2, 0) is 19.4 Å². The number of halogens is 1. The Balaban J connectivity index is 1.66. The second-order valence-electron chi connectivity index (χ2n) is 5.96. The van der Waals surface area contributed by atoms with Gasteiger partial charge in [-0.2, -0.15) is 0 Å². The van der Waals surface area contributed by atoms with Gasteiger partial charge in [0.05, 0.1) is 16.4 Å². The van der Waals surface area contributed by atoms with Crippen molar-refractivity contribution in [1.29, 1.82) is 0 Å². The fourth-order valence-electron chi connectivity index (χ4n) is 2.70. The first-order chi connectivity index (χ1) is 12.2. The second kappa shape index (κ2) is 7.42. The number of nitrogens with zero attached hydrogens (tertiary/aromatic N) is 1. The summed E-state index contributed by atoms with van der Waals surface area (Å²) in [5.74, 6) is -1.23. The van der Waals surface area contributed by atoms with Crippen molar-refractivity contribution in [3.8, 4) is 0 Å². The summed E-state index contributed by atoms with van der Waals surface area (Å²) in [7, 11) is -3.13. The number of rotatable bonds is 4. The van der Waals surface area contributed by atoms with E-state index in [0.717, 1.165) is 16.7 Å². The molecule has 2 aliphatic heterocycles. The molecule has 2 aliphatic rings. The lowest BCUT2D eigenvalue weighted by Crippen LogP contribution is -2.43. The van der Waals surface area contributed by atoms with Crippen molar-refractivity contribution in [3.63, 3.8) is 0 Å². The van der Waals surface area contributed by atoms with Gasteiger partial charge in [-0.05, 0) is 35.9 Å².